The fourth-order valence-corrected chi connectivity index (χ4v) is 3.52. The van der Waals surface area contributed by atoms with Gasteiger partial charge in [-0.05, 0) is 62.6 Å². The molecule has 1 fully saturated rings. The molecule has 140 valence electrons. The van der Waals surface area contributed by atoms with Crippen molar-refractivity contribution < 1.29 is 9.90 Å². The highest BCUT2D eigenvalue weighted by Crippen LogP contribution is 2.23. The summed E-state index contributed by atoms with van der Waals surface area (Å²) in [5, 5.41) is 12.2. The van der Waals surface area contributed by atoms with Gasteiger partial charge in [0.05, 0.1) is 6.04 Å². The van der Waals surface area contributed by atoms with Gasteiger partial charge in [-0.25, -0.2) is 0 Å². The van der Waals surface area contributed by atoms with Crippen molar-refractivity contribution >= 4 is 5.91 Å². The van der Waals surface area contributed by atoms with Gasteiger partial charge in [0.25, 0.3) is 0 Å². The van der Waals surface area contributed by atoms with Crippen LogP contribution in [0.4, 0.5) is 0 Å². The van der Waals surface area contributed by atoms with Gasteiger partial charge in [0, 0.05) is 13.2 Å². The number of hydrogen-bond acceptors (Lipinski definition) is 3. The third-order valence-electron chi connectivity index (χ3n) is 5.47. The van der Waals surface area contributed by atoms with Crippen molar-refractivity contribution in [1.82, 2.24) is 10.2 Å². The molecule has 1 saturated heterocycles. The van der Waals surface area contributed by atoms with Crippen LogP contribution in [-0.4, -0.2) is 48.2 Å². The zero-order chi connectivity index (χ0) is 18.3. The maximum atomic E-state index is 12.5. The molecule has 1 amide bonds. The predicted molar refractivity (Wildman–Crippen MR) is 102 cm³/mol. The average Bonchev–Trinajstić information content (AvgIpc) is 2.61. The lowest BCUT2D eigenvalue weighted by molar-refractivity contribution is -0.127. The van der Waals surface area contributed by atoms with Crippen LogP contribution in [0.3, 0.4) is 0 Å². The Morgan fingerprint density at radius 3 is 2.52 bits per heavy atom. The lowest BCUT2D eigenvalue weighted by atomic mass is 9.89. The molecule has 0 bridgehead atoms. The van der Waals surface area contributed by atoms with E-state index in [4.69, 9.17) is 5.11 Å². The molecule has 0 aliphatic carbocycles. The minimum atomic E-state index is -0.0809. The largest absolute Gasteiger partial charge is 0.396 e. The van der Waals surface area contributed by atoms with E-state index < -0.39 is 0 Å². The van der Waals surface area contributed by atoms with Crippen molar-refractivity contribution in [2.24, 2.45) is 11.3 Å². The molecule has 25 heavy (non-hydrogen) atoms. The van der Waals surface area contributed by atoms with Gasteiger partial charge in [0.15, 0.2) is 0 Å². The van der Waals surface area contributed by atoms with E-state index in [0.717, 1.165) is 38.3 Å². The van der Waals surface area contributed by atoms with Crippen molar-refractivity contribution in [3.05, 3.63) is 35.9 Å². The van der Waals surface area contributed by atoms with Crippen LogP contribution in [-0.2, 0) is 11.2 Å². The van der Waals surface area contributed by atoms with E-state index in [0.29, 0.717) is 13.0 Å². The van der Waals surface area contributed by atoms with Crippen molar-refractivity contribution in [2.75, 3.05) is 26.2 Å². The summed E-state index contributed by atoms with van der Waals surface area (Å²) in [6.07, 6.45) is 4.15. The van der Waals surface area contributed by atoms with Gasteiger partial charge in [-0.3, -0.25) is 9.69 Å². The summed E-state index contributed by atoms with van der Waals surface area (Å²) in [7, 11) is 0. The number of nitrogens with zero attached hydrogens (tertiary/aromatic N) is 1. The van der Waals surface area contributed by atoms with Gasteiger partial charge < -0.3 is 10.4 Å². The average molecular weight is 347 g/mol. The van der Waals surface area contributed by atoms with Gasteiger partial charge in [-0.2, -0.15) is 0 Å². The molecule has 0 aromatic heterocycles. The maximum Gasteiger partial charge on any atom is 0.237 e. The molecule has 4 heteroatoms. The van der Waals surface area contributed by atoms with E-state index >= 15 is 0 Å². The summed E-state index contributed by atoms with van der Waals surface area (Å²) in [6, 6.07) is 10.6. The molecule has 1 aliphatic heterocycles. The first kappa shape index (κ1) is 19.9. The minimum Gasteiger partial charge on any atom is -0.396 e. The van der Waals surface area contributed by atoms with E-state index in [9.17, 15) is 4.79 Å². The van der Waals surface area contributed by atoms with Crippen molar-refractivity contribution in [1.29, 1.82) is 0 Å². The molecule has 0 radical (unpaired) electrons. The summed E-state index contributed by atoms with van der Waals surface area (Å²) in [6.45, 7) is 8.91. The minimum absolute atomic E-state index is 0.0627. The number of carbonyl (C=O) groups is 1. The normalized spacial score (nSPS) is 18.1. The molecule has 2 rings (SSSR count). The summed E-state index contributed by atoms with van der Waals surface area (Å²) < 4.78 is 0. The standard InChI is InChI=1S/C21H34N2O2/c1-17(20(25)22-16-21(2,3)11-14-24)23-12-9-19(10-13-23)15-18-7-5-4-6-8-18/h4-8,17,19,24H,9-16H2,1-3H3,(H,22,25). The van der Waals surface area contributed by atoms with E-state index in [-0.39, 0.29) is 24.0 Å². The van der Waals surface area contributed by atoms with Crippen molar-refractivity contribution in [2.45, 2.75) is 52.5 Å². The van der Waals surface area contributed by atoms with Gasteiger partial charge in [0.2, 0.25) is 5.91 Å². The van der Waals surface area contributed by atoms with Crippen LogP contribution in [0.2, 0.25) is 0 Å². The van der Waals surface area contributed by atoms with E-state index in [1.54, 1.807) is 0 Å². The highest BCUT2D eigenvalue weighted by Gasteiger charge is 2.27. The number of hydrogen-bond donors (Lipinski definition) is 2. The third-order valence-corrected chi connectivity index (χ3v) is 5.47. The monoisotopic (exact) mass is 346 g/mol. The topological polar surface area (TPSA) is 52.6 Å². The highest BCUT2D eigenvalue weighted by atomic mass is 16.3. The fourth-order valence-electron chi connectivity index (χ4n) is 3.52. The lowest BCUT2D eigenvalue weighted by Gasteiger charge is -2.36. The van der Waals surface area contributed by atoms with E-state index in [2.05, 4.69) is 54.4 Å². The second-order valence-electron chi connectivity index (χ2n) is 8.20. The molecule has 1 unspecified atom stereocenters. The van der Waals surface area contributed by atoms with Gasteiger partial charge in [-0.15, -0.1) is 0 Å². The van der Waals surface area contributed by atoms with Gasteiger partial charge in [-0.1, -0.05) is 44.2 Å². The number of rotatable bonds is 8. The Labute approximate surface area is 152 Å². The zero-order valence-electron chi connectivity index (χ0n) is 16.0. The number of aliphatic hydroxyl groups excluding tert-OH is 1. The number of nitrogens with one attached hydrogen (secondary N) is 1. The SMILES string of the molecule is CC(C(=O)NCC(C)(C)CCO)N1CCC(Cc2ccccc2)CC1. The zero-order valence-corrected chi connectivity index (χ0v) is 16.0. The molecule has 2 N–H and O–H groups in total. The molecule has 1 aromatic rings. The molecule has 1 aromatic carbocycles. The van der Waals surface area contributed by atoms with Crippen LogP contribution in [0.15, 0.2) is 30.3 Å². The quantitative estimate of drug-likeness (QED) is 0.761. The van der Waals surface area contributed by atoms with E-state index in [1.165, 1.54) is 5.56 Å². The van der Waals surface area contributed by atoms with Crippen LogP contribution in [0.1, 0.15) is 45.6 Å². The van der Waals surface area contributed by atoms with Crippen LogP contribution >= 0.6 is 0 Å². The number of likely N-dealkylation sites (tertiary alicyclic amines) is 1. The second kappa shape index (κ2) is 9.35. The number of aliphatic hydroxyl groups is 1. The molecule has 0 saturated carbocycles. The molecule has 1 atom stereocenters. The summed E-state index contributed by atoms with van der Waals surface area (Å²) in [5.74, 6) is 0.824. The Morgan fingerprint density at radius 1 is 1.28 bits per heavy atom. The second-order valence-corrected chi connectivity index (χ2v) is 8.20. The highest BCUT2D eigenvalue weighted by molar-refractivity contribution is 5.81. The fraction of sp³-hybridized carbons (Fsp3) is 0.667. The first-order valence-corrected chi connectivity index (χ1v) is 9.58. The Bertz CT molecular complexity index is 522. The third kappa shape index (κ3) is 6.44. The summed E-state index contributed by atoms with van der Waals surface area (Å²) in [5.41, 5.74) is 1.35. The number of benzene rings is 1. The Kier molecular flexibility index (Phi) is 7.45. The van der Waals surface area contributed by atoms with E-state index in [1.807, 2.05) is 6.92 Å². The van der Waals surface area contributed by atoms with Crippen molar-refractivity contribution in [3.8, 4) is 0 Å². The first-order chi connectivity index (χ1) is 11.9. The number of amides is 1. The maximum absolute atomic E-state index is 12.5. The summed E-state index contributed by atoms with van der Waals surface area (Å²) >= 11 is 0. The van der Waals surface area contributed by atoms with Crippen LogP contribution in [0.25, 0.3) is 0 Å². The molecule has 0 spiro atoms. The first-order valence-electron chi connectivity index (χ1n) is 9.58. The Hall–Kier alpha value is -1.39. The van der Waals surface area contributed by atoms with Crippen LogP contribution in [0, 0.1) is 11.3 Å². The molecule has 1 aliphatic rings. The van der Waals surface area contributed by atoms with Gasteiger partial charge in [0.1, 0.15) is 0 Å². The number of carbonyl (C=O) groups excluding carboxylic acids is 1. The van der Waals surface area contributed by atoms with Gasteiger partial charge >= 0.3 is 0 Å². The molecule has 4 nitrogen and oxygen atoms in total. The van der Waals surface area contributed by atoms with Crippen LogP contribution in [0.5, 0.6) is 0 Å². The Morgan fingerprint density at radius 2 is 1.92 bits per heavy atom. The Balaban J connectivity index is 1.74. The summed E-state index contributed by atoms with van der Waals surface area (Å²) in [4.78, 5) is 14.8. The molecule has 1 heterocycles. The molecular weight excluding hydrogens is 312 g/mol. The molecular formula is C21H34N2O2. The lowest BCUT2D eigenvalue weighted by Crippen LogP contribution is -2.49. The van der Waals surface area contributed by atoms with Crippen LogP contribution < -0.4 is 5.32 Å². The number of piperidine rings is 1. The smallest absolute Gasteiger partial charge is 0.237 e. The van der Waals surface area contributed by atoms with Crippen molar-refractivity contribution in [3.63, 3.8) is 0 Å². The predicted octanol–water partition coefficient (Wildman–Crippen LogP) is 2.85.